The summed E-state index contributed by atoms with van der Waals surface area (Å²) in [5.41, 5.74) is -0.837. The van der Waals surface area contributed by atoms with E-state index in [0.29, 0.717) is 18.6 Å². The van der Waals surface area contributed by atoms with Gasteiger partial charge in [0, 0.05) is 5.39 Å². The predicted octanol–water partition coefficient (Wildman–Crippen LogP) is 3.47. The van der Waals surface area contributed by atoms with Gasteiger partial charge in [0.1, 0.15) is 24.0 Å². The number of β-amino-alcohol motifs (C(OH)–C–C–N with tert-alkyl or cyclic N) is 1. The van der Waals surface area contributed by atoms with E-state index in [4.69, 9.17) is 4.74 Å². The second-order valence-electron chi connectivity index (χ2n) is 7.37. The maximum absolute atomic E-state index is 12.9. The van der Waals surface area contributed by atoms with Gasteiger partial charge in [-0.2, -0.15) is 0 Å². The Hall–Kier alpha value is -2.60. The number of nitrogens with one attached hydrogen (secondary N) is 1. The third kappa shape index (κ3) is 3.97. The average molecular weight is 384 g/mol. The Morgan fingerprint density at radius 3 is 2.46 bits per heavy atom. The number of hydrogen-bond acceptors (Lipinski definition) is 4. The van der Waals surface area contributed by atoms with E-state index >= 15 is 0 Å². The normalized spacial score (nSPS) is 17.0. The molecule has 1 heterocycles. The van der Waals surface area contributed by atoms with Crippen molar-refractivity contribution in [2.45, 2.75) is 51.2 Å². The fourth-order valence-corrected chi connectivity index (χ4v) is 3.93. The van der Waals surface area contributed by atoms with Gasteiger partial charge in [-0.3, -0.25) is 9.69 Å². The molecule has 3 amide bonds. The first kappa shape index (κ1) is 20.1. The molecular formula is C22H28N2O4. The molecule has 2 aromatic carbocycles. The monoisotopic (exact) mass is 384 g/mol. The quantitative estimate of drug-likeness (QED) is 0.649. The predicted molar refractivity (Wildman–Crippen MR) is 108 cm³/mol. The highest BCUT2D eigenvalue weighted by molar-refractivity contribution is 6.07. The van der Waals surface area contributed by atoms with E-state index in [1.807, 2.05) is 56.3 Å². The molecule has 1 aliphatic heterocycles. The second kappa shape index (κ2) is 8.61. The van der Waals surface area contributed by atoms with E-state index < -0.39 is 17.7 Å². The number of nitrogens with zero attached hydrogens (tertiary/aromatic N) is 1. The van der Waals surface area contributed by atoms with Crippen molar-refractivity contribution >= 4 is 22.7 Å². The summed E-state index contributed by atoms with van der Waals surface area (Å²) < 4.78 is 5.79. The standard InChI is InChI=1S/C22H28N2O4/c1-3-12-22(13-4-2)20(26)24(21(27)23-22)14-17(25)15-28-19-11-7-9-16-8-5-6-10-18(16)19/h5-11,17,25H,3-4,12-15H2,1-2H3,(H,23,27). The van der Waals surface area contributed by atoms with Crippen molar-refractivity contribution in [3.63, 3.8) is 0 Å². The summed E-state index contributed by atoms with van der Waals surface area (Å²) in [4.78, 5) is 26.4. The van der Waals surface area contributed by atoms with Gasteiger partial charge < -0.3 is 15.2 Å². The molecule has 0 saturated carbocycles. The molecule has 1 saturated heterocycles. The highest BCUT2D eigenvalue weighted by Gasteiger charge is 2.50. The number of rotatable bonds is 9. The molecule has 0 aliphatic carbocycles. The van der Waals surface area contributed by atoms with Gasteiger partial charge in [-0.1, -0.05) is 63.1 Å². The minimum absolute atomic E-state index is 0.000374. The van der Waals surface area contributed by atoms with Crippen LogP contribution in [0.15, 0.2) is 42.5 Å². The molecule has 28 heavy (non-hydrogen) atoms. The van der Waals surface area contributed by atoms with Crippen molar-refractivity contribution < 1.29 is 19.4 Å². The molecule has 6 nitrogen and oxygen atoms in total. The minimum atomic E-state index is -0.965. The van der Waals surface area contributed by atoms with Crippen LogP contribution >= 0.6 is 0 Å². The van der Waals surface area contributed by atoms with Crippen LogP contribution in [0.3, 0.4) is 0 Å². The number of benzene rings is 2. The number of carbonyl (C=O) groups is 2. The zero-order valence-electron chi connectivity index (χ0n) is 16.5. The molecule has 3 rings (SSSR count). The smallest absolute Gasteiger partial charge is 0.325 e. The van der Waals surface area contributed by atoms with Gasteiger partial charge in [-0.05, 0) is 24.3 Å². The zero-order chi connectivity index (χ0) is 20.1. The molecule has 1 unspecified atom stereocenters. The van der Waals surface area contributed by atoms with Gasteiger partial charge in [0.05, 0.1) is 6.54 Å². The lowest BCUT2D eigenvalue weighted by atomic mass is 9.88. The highest BCUT2D eigenvalue weighted by Crippen LogP contribution is 2.28. The molecule has 0 aromatic heterocycles. The van der Waals surface area contributed by atoms with E-state index in [0.717, 1.165) is 28.5 Å². The SMILES string of the molecule is CCCC1(CCC)NC(=O)N(CC(O)COc2cccc3ccccc23)C1=O. The highest BCUT2D eigenvalue weighted by atomic mass is 16.5. The molecule has 0 spiro atoms. The number of carbonyl (C=O) groups excluding carboxylic acids is 2. The number of hydrogen-bond donors (Lipinski definition) is 2. The lowest BCUT2D eigenvalue weighted by Crippen LogP contribution is -2.47. The molecule has 1 aliphatic rings. The van der Waals surface area contributed by atoms with E-state index in [1.165, 1.54) is 0 Å². The zero-order valence-corrected chi connectivity index (χ0v) is 16.5. The molecule has 1 fully saturated rings. The molecule has 0 radical (unpaired) electrons. The Balaban J connectivity index is 1.65. The van der Waals surface area contributed by atoms with Gasteiger partial charge in [0.15, 0.2) is 0 Å². The number of aliphatic hydroxyl groups excluding tert-OH is 1. The fourth-order valence-electron chi connectivity index (χ4n) is 3.93. The van der Waals surface area contributed by atoms with Crippen molar-refractivity contribution in [3.05, 3.63) is 42.5 Å². The van der Waals surface area contributed by atoms with Crippen LogP contribution in [0, 0.1) is 0 Å². The Morgan fingerprint density at radius 1 is 1.07 bits per heavy atom. The molecule has 150 valence electrons. The van der Waals surface area contributed by atoms with Gasteiger partial charge >= 0.3 is 6.03 Å². The topological polar surface area (TPSA) is 78.9 Å². The van der Waals surface area contributed by atoms with Crippen LogP contribution in [0.4, 0.5) is 4.79 Å². The first-order valence-electron chi connectivity index (χ1n) is 9.93. The van der Waals surface area contributed by atoms with E-state index in [-0.39, 0.29) is 19.1 Å². The maximum atomic E-state index is 12.9. The third-order valence-corrected chi connectivity index (χ3v) is 5.17. The van der Waals surface area contributed by atoms with E-state index in [9.17, 15) is 14.7 Å². The van der Waals surface area contributed by atoms with Crippen LogP contribution in [0.5, 0.6) is 5.75 Å². The van der Waals surface area contributed by atoms with Gasteiger partial charge in [-0.25, -0.2) is 4.79 Å². The minimum Gasteiger partial charge on any atom is -0.490 e. The Bertz CT molecular complexity index is 840. The number of imide groups is 1. The van der Waals surface area contributed by atoms with Gasteiger partial charge in [0.2, 0.25) is 0 Å². The van der Waals surface area contributed by atoms with Gasteiger partial charge in [0.25, 0.3) is 5.91 Å². The first-order chi connectivity index (χ1) is 13.5. The van der Waals surface area contributed by atoms with Crippen molar-refractivity contribution in [1.82, 2.24) is 10.2 Å². The van der Waals surface area contributed by atoms with E-state index in [2.05, 4.69) is 5.32 Å². The number of urea groups is 1. The average Bonchev–Trinajstić information content (AvgIpc) is 2.91. The second-order valence-corrected chi connectivity index (χ2v) is 7.37. The van der Waals surface area contributed by atoms with Crippen LogP contribution in [-0.2, 0) is 4.79 Å². The first-order valence-corrected chi connectivity index (χ1v) is 9.93. The number of ether oxygens (including phenoxy) is 1. The fraction of sp³-hybridized carbons (Fsp3) is 0.455. The molecule has 6 heteroatoms. The molecule has 2 N–H and O–H groups in total. The maximum Gasteiger partial charge on any atom is 0.325 e. The van der Waals surface area contributed by atoms with Crippen LogP contribution < -0.4 is 10.1 Å². The molecule has 0 bridgehead atoms. The summed E-state index contributed by atoms with van der Waals surface area (Å²) in [7, 11) is 0. The van der Waals surface area contributed by atoms with Crippen LogP contribution in [0.25, 0.3) is 10.8 Å². The molecule has 2 aromatic rings. The van der Waals surface area contributed by atoms with Crippen molar-refractivity contribution in [2.75, 3.05) is 13.2 Å². The van der Waals surface area contributed by atoms with E-state index in [1.54, 1.807) is 0 Å². The summed E-state index contributed by atoms with van der Waals surface area (Å²) in [6, 6.07) is 13.1. The number of fused-ring (bicyclic) bond motifs is 1. The Labute approximate surface area is 165 Å². The van der Waals surface area contributed by atoms with Crippen molar-refractivity contribution in [2.24, 2.45) is 0 Å². The Kier molecular flexibility index (Phi) is 6.19. The number of aliphatic hydroxyl groups is 1. The Morgan fingerprint density at radius 2 is 1.75 bits per heavy atom. The van der Waals surface area contributed by atoms with Crippen molar-refractivity contribution in [3.8, 4) is 5.75 Å². The summed E-state index contributed by atoms with van der Waals surface area (Å²) in [6.07, 6.45) is 1.83. The van der Waals surface area contributed by atoms with Crippen LogP contribution in [0.1, 0.15) is 39.5 Å². The summed E-state index contributed by atoms with van der Waals surface area (Å²) >= 11 is 0. The van der Waals surface area contributed by atoms with Crippen molar-refractivity contribution in [1.29, 1.82) is 0 Å². The number of amides is 3. The summed E-state index contributed by atoms with van der Waals surface area (Å²) in [5, 5.41) is 15.3. The molecule has 1 atom stereocenters. The summed E-state index contributed by atoms with van der Waals surface area (Å²) in [6.45, 7) is 3.91. The summed E-state index contributed by atoms with van der Waals surface area (Å²) in [5.74, 6) is 0.422. The largest absolute Gasteiger partial charge is 0.490 e. The molecular weight excluding hydrogens is 356 g/mol. The van der Waals surface area contributed by atoms with Gasteiger partial charge in [-0.15, -0.1) is 0 Å². The lowest BCUT2D eigenvalue weighted by molar-refractivity contribution is -0.133. The van der Waals surface area contributed by atoms with Crippen LogP contribution in [0.2, 0.25) is 0 Å². The van der Waals surface area contributed by atoms with Crippen LogP contribution in [-0.4, -0.2) is 46.7 Å². The third-order valence-electron chi connectivity index (χ3n) is 5.17. The lowest BCUT2D eigenvalue weighted by Gasteiger charge is -2.26.